The van der Waals surface area contributed by atoms with Crippen molar-refractivity contribution in [3.8, 4) is 0 Å². The van der Waals surface area contributed by atoms with Gasteiger partial charge in [-0.2, -0.15) is 5.10 Å². The smallest absolute Gasteiger partial charge is 0.273 e. The maximum Gasteiger partial charge on any atom is 0.273 e. The number of hydrogen-bond acceptors (Lipinski definition) is 5. The van der Waals surface area contributed by atoms with E-state index in [-0.39, 0.29) is 23.8 Å². The van der Waals surface area contributed by atoms with Crippen LogP contribution in [-0.4, -0.2) is 20.7 Å². The molecular weight excluding hydrogens is 371 g/mol. The number of hydrogen-bond donors (Lipinski definition) is 3. The third-order valence-corrected chi connectivity index (χ3v) is 4.31. The first kappa shape index (κ1) is 20.3. The Hall–Kier alpha value is -3.42. The van der Waals surface area contributed by atoms with E-state index in [0.717, 1.165) is 5.69 Å². The largest absolute Gasteiger partial charge is 0.382 e. The molecule has 0 fully saturated rings. The molecule has 0 radical (unpaired) electrons. The molecular formula is C21H25FN6O. The van der Waals surface area contributed by atoms with Crippen molar-refractivity contribution in [3.05, 3.63) is 65.4 Å². The quantitative estimate of drug-likeness (QED) is 0.607. The average Bonchev–Trinajstić information content (AvgIpc) is 3.06. The molecule has 152 valence electrons. The minimum atomic E-state index is -0.381. The first-order valence-corrected chi connectivity index (χ1v) is 9.26. The van der Waals surface area contributed by atoms with E-state index < -0.39 is 0 Å². The van der Waals surface area contributed by atoms with Gasteiger partial charge < -0.3 is 16.4 Å². The molecule has 1 amide bonds. The van der Waals surface area contributed by atoms with Gasteiger partial charge in [0, 0.05) is 24.0 Å². The predicted molar refractivity (Wildman–Crippen MR) is 112 cm³/mol. The molecule has 2 heterocycles. The number of halogens is 1. The summed E-state index contributed by atoms with van der Waals surface area (Å²) in [5, 5.41) is 10.3. The highest BCUT2D eigenvalue weighted by molar-refractivity contribution is 6.03. The first-order chi connectivity index (χ1) is 13.6. The second-order valence-corrected chi connectivity index (χ2v) is 7.80. The van der Waals surface area contributed by atoms with Gasteiger partial charge >= 0.3 is 0 Å². The molecule has 2 aromatic heterocycles. The van der Waals surface area contributed by atoms with Crippen molar-refractivity contribution in [2.24, 2.45) is 0 Å². The number of pyridine rings is 1. The lowest BCUT2D eigenvalue weighted by molar-refractivity contribution is 0.100. The molecule has 0 aliphatic carbocycles. The number of nitrogen functional groups attached to an aromatic ring is 1. The minimum Gasteiger partial charge on any atom is -0.382 e. The van der Waals surface area contributed by atoms with Crippen LogP contribution in [0.25, 0.3) is 0 Å². The Kier molecular flexibility index (Phi) is 5.54. The summed E-state index contributed by atoms with van der Waals surface area (Å²) in [7, 11) is 0. The number of amides is 1. The van der Waals surface area contributed by atoms with Gasteiger partial charge in [0.25, 0.3) is 5.91 Å². The second kappa shape index (κ2) is 7.90. The molecule has 0 atom stereocenters. The summed E-state index contributed by atoms with van der Waals surface area (Å²) in [6.07, 6.45) is 1.58. The summed E-state index contributed by atoms with van der Waals surface area (Å²) < 4.78 is 15.9. The van der Waals surface area contributed by atoms with E-state index in [1.54, 1.807) is 35.1 Å². The van der Waals surface area contributed by atoms with Crippen LogP contribution in [-0.2, 0) is 12.1 Å². The number of nitrogens with one attached hydrogen (secondary N) is 2. The Morgan fingerprint density at radius 1 is 1.24 bits per heavy atom. The van der Waals surface area contributed by atoms with E-state index in [1.807, 2.05) is 27.7 Å². The highest BCUT2D eigenvalue weighted by Crippen LogP contribution is 2.21. The number of anilines is 3. The average molecular weight is 396 g/mol. The Bertz CT molecular complexity index is 1040. The fraction of sp³-hybridized carbons (Fsp3) is 0.286. The topological polar surface area (TPSA) is 97.9 Å². The Balaban J connectivity index is 1.78. The molecule has 0 saturated carbocycles. The lowest BCUT2D eigenvalue weighted by Gasteiger charge is -2.22. The lowest BCUT2D eigenvalue weighted by Crippen LogP contribution is -2.29. The van der Waals surface area contributed by atoms with Crippen LogP contribution in [0.15, 0.2) is 42.6 Å². The van der Waals surface area contributed by atoms with Crippen molar-refractivity contribution >= 4 is 23.1 Å². The normalized spacial score (nSPS) is 11.3. The zero-order valence-corrected chi connectivity index (χ0v) is 17.0. The van der Waals surface area contributed by atoms with Crippen LogP contribution >= 0.6 is 0 Å². The van der Waals surface area contributed by atoms with Gasteiger partial charge in [0.15, 0.2) is 0 Å². The molecule has 4 N–H and O–H groups in total. The molecule has 1 aromatic carbocycles. The Morgan fingerprint density at radius 2 is 2.00 bits per heavy atom. The Morgan fingerprint density at radius 3 is 2.69 bits per heavy atom. The van der Waals surface area contributed by atoms with Crippen molar-refractivity contribution in [1.29, 1.82) is 0 Å². The van der Waals surface area contributed by atoms with Crippen LogP contribution in [0, 0.1) is 12.7 Å². The fourth-order valence-electron chi connectivity index (χ4n) is 2.91. The molecule has 29 heavy (non-hydrogen) atoms. The standard InChI is InChI=1S/C21H25FN6O/c1-13-10-18(28(27-13)21(2,3)4)20(29)26-15-7-8-16(22)14(11-15)12-25-17-6-5-9-24-19(17)23/h5-11,25H,12H2,1-4H3,(H2,23,24)(H,26,29). The van der Waals surface area contributed by atoms with E-state index in [1.165, 1.54) is 12.1 Å². The summed E-state index contributed by atoms with van der Waals surface area (Å²) >= 11 is 0. The van der Waals surface area contributed by atoms with Crippen molar-refractivity contribution < 1.29 is 9.18 Å². The third-order valence-electron chi connectivity index (χ3n) is 4.31. The number of benzene rings is 1. The molecule has 0 unspecified atom stereocenters. The minimum absolute atomic E-state index is 0.199. The summed E-state index contributed by atoms with van der Waals surface area (Å²) in [4.78, 5) is 16.8. The van der Waals surface area contributed by atoms with Gasteiger partial charge in [0.2, 0.25) is 0 Å². The summed E-state index contributed by atoms with van der Waals surface area (Å²) in [6.45, 7) is 7.96. The van der Waals surface area contributed by atoms with Crippen molar-refractivity contribution in [2.75, 3.05) is 16.4 Å². The van der Waals surface area contributed by atoms with Gasteiger partial charge in [0.05, 0.1) is 16.9 Å². The van der Waals surface area contributed by atoms with Crippen LogP contribution in [0.4, 0.5) is 21.6 Å². The SMILES string of the molecule is Cc1cc(C(=O)Nc2ccc(F)c(CNc3cccnc3N)c2)n(C(C)(C)C)n1. The molecule has 7 nitrogen and oxygen atoms in total. The van der Waals surface area contributed by atoms with Gasteiger partial charge in [-0.3, -0.25) is 9.48 Å². The maximum atomic E-state index is 14.2. The zero-order valence-electron chi connectivity index (χ0n) is 17.0. The van der Waals surface area contributed by atoms with Gasteiger partial charge in [0.1, 0.15) is 17.3 Å². The molecule has 3 aromatic rings. The molecule has 0 saturated heterocycles. The number of aromatic nitrogens is 3. The fourth-order valence-corrected chi connectivity index (χ4v) is 2.91. The summed E-state index contributed by atoms with van der Waals surface area (Å²) in [6, 6.07) is 9.69. The van der Waals surface area contributed by atoms with Crippen LogP contribution < -0.4 is 16.4 Å². The predicted octanol–water partition coefficient (Wildman–Crippen LogP) is 3.93. The number of rotatable bonds is 5. The molecule has 0 aliphatic heterocycles. The number of carbonyl (C=O) groups excluding carboxylic acids is 1. The zero-order chi connectivity index (χ0) is 21.2. The van der Waals surface area contributed by atoms with E-state index in [4.69, 9.17) is 5.73 Å². The lowest BCUT2D eigenvalue weighted by atomic mass is 10.1. The van der Waals surface area contributed by atoms with E-state index in [0.29, 0.717) is 28.5 Å². The number of nitrogens with two attached hydrogens (primary N) is 1. The van der Waals surface area contributed by atoms with Gasteiger partial charge in [-0.25, -0.2) is 9.37 Å². The van der Waals surface area contributed by atoms with Gasteiger partial charge in [-0.1, -0.05) is 0 Å². The maximum absolute atomic E-state index is 14.2. The van der Waals surface area contributed by atoms with Gasteiger partial charge in [-0.15, -0.1) is 0 Å². The van der Waals surface area contributed by atoms with E-state index in [2.05, 4.69) is 20.7 Å². The number of nitrogens with zero attached hydrogens (tertiary/aromatic N) is 3. The van der Waals surface area contributed by atoms with Crippen molar-refractivity contribution in [1.82, 2.24) is 14.8 Å². The second-order valence-electron chi connectivity index (χ2n) is 7.80. The summed E-state index contributed by atoms with van der Waals surface area (Å²) in [5.41, 5.74) is 8.16. The number of aryl methyl sites for hydroxylation is 1. The molecule has 8 heteroatoms. The highest BCUT2D eigenvalue weighted by Gasteiger charge is 2.23. The summed E-state index contributed by atoms with van der Waals surface area (Å²) in [5.74, 6) is -0.348. The van der Waals surface area contributed by atoms with E-state index >= 15 is 0 Å². The third kappa shape index (κ3) is 4.71. The molecule has 3 rings (SSSR count). The van der Waals surface area contributed by atoms with Crippen molar-refractivity contribution in [2.45, 2.75) is 39.8 Å². The van der Waals surface area contributed by atoms with Crippen LogP contribution in [0.2, 0.25) is 0 Å². The molecule has 0 spiro atoms. The highest BCUT2D eigenvalue weighted by atomic mass is 19.1. The molecule has 0 bridgehead atoms. The van der Waals surface area contributed by atoms with Crippen LogP contribution in [0.5, 0.6) is 0 Å². The van der Waals surface area contributed by atoms with Crippen LogP contribution in [0.3, 0.4) is 0 Å². The monoisotopic (exact) mass is 396 g/mol. The number of carbonyl (C=O) groups is 1. The van der Waals surface area contributed by atoms with Gasteiger partial charge in [-0.05, 0) is 64.1 Å². The van der Waals surface area contributed by atoms with Crippen LogP contribution in [0.1, 0.15) is 42.5 Å². The first-order valence-electron chi connectivity index (χ1n) is 9.26. The molecule has 0 aliphatic rings. The van der Waals surface area contributed by atoms with E-state index in [9.17, 15) is 9.18 Å². The Labute approximate surface area is 169 Å². The van der Waals surface area contributed by atoms with Crippen molar-refractivity contribution in [3.63, 3.8) is 0 Å².